The first-order chi connectivity index (χ1) is 12.8. The minimum Gasteiger partial charge on any atom is -0.399 e. The molecule has 5 heteroatoms. The minimum atomic E-state index is -0.386. The van der Waals surface area contributed by atoms with Gasteiger partial charge < -0.3 is 13.9 Å². The van der Waals surface area contributed by atoms with Gasteiger partial charge >= 0.3 is 7.12 Å². The van der Waals surface area contributed by atoms with Gasteiger partial charge in [0.25, 0.3) is 0 Å². The number of fused-ring (bicyclic) bond motifs is 1. The predicted molar refractivity (Wildman–Crippen MR) is 108 cm³/mol. The molecule has 1 aromatic heterocycles. The molecule has 0 amide bonds. The van der Waals surface area contributed by atoms with Crippen LogP contribution in [0.15, 0.2) is 54.7 Å². The zero-order valence-corrected chi connectivity index (χ0v) is 16.2. The Morgan fingerprint density at radius 2 is 1.70 bits per heavy atom. The summed E-state index contributed by atoms with van der Waals surface area (Å²) in [5.74, 6) is 0. The Morgan fingerprint density at radius 3 is 2.41 bits per heavy atom. The van der Waals surface area contributed by atoms with Gasteiger partial charge in [-0.2, -0.15) is 5.26 Å². The van der Waals surface area contributed by atoms with E-state index in [4.69, 9.17) is 9.31 Å². The second kappa shape index (κ2) is 6.26. The van der Waals surface area contributed by atoms with E-state index >= 15 is 0 Å². The van der Waals surface area contributed by atoms with Crippen molar-refractivity contribution in [2.45, 2.75) is 45.4 Å². The molecule has 0 radical (unpaired) electrons. The third-order valence-electron chi connectivity index (χ3n) is 5.81. The number of benzene rings is 2. The van der Waals surface area contributed by atoms with Crippen molar-refractivity contribution in [2.75, 3.05) is 0 Å². The van der Waals surface area contributed by atoms with Crippen LogP contribution in [-0.2, 0) is 15.9 Å². The van der Waals surface area contributed by atoms with Crippen molar-refractivity contribution in [1.29, 1.82) is 5.26 Å². The summed E-state index contributed by atoms with van der Waals surface area (Å²) in [6, 6.07) is 18.3. The molecular weight excluding hydrogens is 335 g/mol. The van der Waals surface area contributed by atoms with Crippen molar-refractivity contribution >= 4 is 23.5 Å². The molecule has 1 aliphatic rings. The van der Waals surface area contributed by atoms with Crippen LogP contribution in [0.2, 0.25) is 0 Å². The van der Waals surface area contributed by atoms with Gasteiger partial charge in [0.2, 0.25) is 0 Å². The quantitative estimate of drug-likeness (QED) is 0.668. The van der Waals surface area contributed by atoms with Gasteiger partial charge in [-0.15, -0.1) is 0 Å². The van der Waals surface area contributed by atoms with Crippen LogP contribution in [0.4, 0.5) is 0 Å². The molecule has 2 heterocycles. The second-order valence-electron chi connectivity index (χ2n) is 8.12. The number of hydrogen-bond acceptors (Lipinski definition) is 3. The van der Waals surface area contributed by atoms with Crippen LogP contribution in [0.5, 0.6) is 0 Å². The lowest BCUT2D eigenvalue weighted by molar-refractivity contribution is 0.00578. The third-order valence-corrected chi connectivity index (χ3v) is 5.81. The fourth-order valence-electron chi connectivity index (χ4n) is 3.45. The second-order valence-corrected chi connectivity index (χ2v) is 8.12. The van der Waals surface area contributed by atoms with Crippen molar-refractivity contribution in [3.63, 3.8) is 0 Å². The van der Waals surface area contributed by atoms with Crippen LogP contribution < -0.4 is 5.46 Å². The summed E-state index contributed by atoms with van der Waals surface area (Å²) in [6.45, 7) is 8.96. The molecule has 0 aliphatic carbocycles. The molecule has 0 spiro atoms. The summed E-state index contributed by atoms with van der Waals surface area (Å²) < 4.78 is 14.7. The molecule has 4 rings (SSSR count). The number of nitriles is 1. The number of nitrogens with zero attached hydrogens (tertiary/aromatic N) is 2. The van der Waals surface area contributed by atoms with Gasteiger partial charge in [0.15, 0.2) is 0 Å². The highest BCUT2D eigenvalue weighted by atomic mass is 16.7. The van der Waals surface area contributed by atoms with Crippen molar-refractivity contribution in [3.05, 3.63) is 65.9 Å². The molecule has 0 bridgehead atoms. The van der Waals surface area contributed by atoms with Crippen molar-refractivity contribution in [1.82, 2.24) is 4.57 Å². The molecule has 0 unspecified atom stereocenters. The first-order valence-corrected chi connectivity index (χ1v) is 9.23. The topological polar surface area (TPSA) is 47.2 Å². The van der Waals surface area contributed by atoms with E-state index < -0.39 is 0 Å². The van der Waals surface area contributed by atoms with E-state index in [1.165, 1.54) is 0 Å². The SMILES string of the molecule is CC1(C)OB(c2ccccc2Cn2ccc3ccc(C#N)cc32)OC1(C)C. The van der Waals surface area contributed by atoms with Crippen molar-refractivity contribution in [3.8, 4) is 6.07 Å². The maximum Gasteiger partial charge on any atom is 0.495 e. The smallest absolute Gasteiger partial charge is 0.399 e. The summed E-state index contributed by atoms with van der Waals surface area (Å²) >= 11 is 0. The van der Waals surface area contributed by atoms with Gasteiger partial charge in [0, 0.05) is 18.3 Å². The molecule has 1 saturated heterocycles. The fraction of sp³-hybridized carbons (Fsp3) is 0.318. The number of rotatable bonds is 3. The zero-order valence-electron chi connectivity index (χ0n) is 16.2. The fourth-order valence-corrected chi connectivity index (χ4v) is 3.45. The van der Waals surface area contributed by atoms with E-state index in [-0.39, 0.29) is 18.3 Å². The Bertz CT molecular complexity index is 1030. The van der Waals surface area contributed by atoms with E-state index in [1.54, 1.807) is 0 Å². The van der Waals surface area contributed by atoms with Gasteiger partial charge in [0.05, 0.1) is 22.8 Å². The van der Waals surface area contributed by atoms with Crippen LogP contribution in [-0.4, -0.2) is 22.9 Å². The van der Waals surface area contributed by atoms with E-state index in [0.717, 1.165) is 21.9 Å². The Balaban J connectivity index is 1.70. The molecule has 3 aromatic rings. The summed E-state index contributed by atoms with van der Waals surface area (Å²) in [4.78, 5) is 0. The van der Waals surface area contributed by atoms with E-state index in [2.05, 4.69) is 62.7 Å². The average molecular weight is 358 g/mol. The van der Waals surface area contributed by atoms with Gasteiger partial charge in [0.1, 0.15) is 0 Å². The van der Waals surface area contributed by atoms with Gasteiger partial charge in [-0.25, -0.2) is 0 Å². The molecule has 1 fully saturated rings. The number of hydrogen-bond donors (Lipinski definition) is 0. The molecule has 4 nitrogen and oxygen atoms in total. The van der Waals surface area contributed by atoms with Crippen LogP contribution >= 0.6 is 0 Å². The Morgan fingerprint density at radius 1 is 1.00 bits per heavy atom. The molecule has 0 N–H and O–H groups in total. The molecule has 136 valence electrons. The molecule has 0 atom stereocenters. The maximum absolute atomic E-state index is 9.21. The van der Waals surface area contributed by atoms with Crippen LogP contribution in [0.3, 0.4) is 0 Å². The van der Waals surface area contributed by atoms with E-state index in [1.807, 2.05) is 30.3 Å². The van der Waals surface area contributed by atoms with Crippen LogP contribution in [0, 0.1) is 11.3 Å². The van der Waals surface area contributed by atoms with E-state index in [0.29, 0.717) is 12.1 Å². The molecule has 27 heavy (non-hydrogen) atoms. The lowest BCUT2D eigenvalue weighted by Gasteiger charge is -2.32. The van der Waals surface area contributed by atoms with Gasteiger partial charge in [-0.1, -0.05) is 30.3 Å². The van der Waals surface area contributed by atoms with Gasteiger partial charge in [-0.3, -0.25) is 0 Å². The molecule has 0 saturated carbocycles. The normalized spacial score (nSPS) is 18.0. The van der Waals surface area contributed by atoms with Gasteiger partial charge in [-0.05, 0) is 62.3 Å². The molecule has 2 aromatic carbocycles. The molecule has 1 aliphatic heterocycles. The first-order valence-electron chi connectivity index (χ1n) is 9.23. The standard InChI is InChI=1S/C22H23BN2O2/c1-21(2)22(3,4)27-23(26-21)19-8-6-5-7-18(19)15-25-12-11-17-10-9-16(14-24)13-20(17)25/h5-13H,15H2,1-4H3. The Kier molecular flexibility index (Phi) is 4.14. The summed E-state index contributed by atoms with van der Waals surface area (Å²) in [5.41, 5.74) is 3.18. The third kappa shape index (κ3) is 3.05. The predicted octanol–water partition coefficient (Wildman–Crippen LogP) is 3.86. The highest BCUT2D eigenvalue weighted by Crippen LogP contribution is 2.36. The highest BCUT2D eigenvalue weighted by Gasteiger charge is 2.52. The summed E-state index contributed by atoms with van der Waals surface area (Å²) in [7, 11) is -0.386. The van der Waals surface area contributed by atoms with Crippen molar-refractivity contribution < 1.29 is 9.31 Å². The zero-order chi connectivity index (χ0) is 19.2. The first kappa shape index (κ1) is 17.8. The maximum atomic E-state index is 9.21. The largest absolute Gasteiger partial charge is 0.495 e. The lowest BCUT2D eigenvalue weighted by atomic mass is 9.76. The van der Waals surface area contributed by atoms with Crippen molar-refractivity contribution in [2.24, 2.45) is 0 Å². The Labute approximate surface area is 160 Å². The summed E-state index contributed by atoms with van der Waals surface area (Å²) in [6.07, 6.45) is 2.06. The van der Waals surface area contributed by atoms with Crippen LogP contribution in [0.1, 0.15) is 38.8 Å². The summed E-state index contributed by atoms with van der Waals surface area (Å²) in [5, 5.41) is 10.3. The highest BCUT2D eigenvalue weighted by molar-refractivity contribution is 6.62. The monoisotopic (exact) mass is 358 g/mol. The van der Waals surface area contributed by atoms with E-state index in [9.17, 15) is 5.26 Å². The minimum absolute atomic E-state index is 0.368. The Hall–Kier alpha value is -2.55. The van der Waals surface area contributed by atoms with Crippen LogP contribution in [0.25, 0.3) is 10.9 Å². The number of aromatic nitrogens is 1. The average Bonchev–Trinajstić information content (AvgIpc) is 3.12. The molecular formula is C22H23BN2O2. The lowest BCUT2D eigenvalue weighted by Crippen LogP contribution is -2.41.